The molecule has 0 radical (unpaired) electrons. The Kier molecular flexibility index (Phi) is 2.93. The average molecular weight is 275 g/mol. The number of imidazole rings is 1. The van der Waals surface area contributed by atoms with E-state index in [9.17, 15) is 5.11 Å². The summed E-state index contributed by atoms with van der Waals surface area (Å²) in [5.74, 6) is 3.65. The lowest BCUT2D eigenvalue weighted by atomic mass is 9.49. The van der Waals surface area contributed by atoms with Crippen LogP contribution in [0.3, 0.4) is 0 Å². The van der Waals surface area contributed by atoms with Crippen molar-refractivity contribution in [2.45, 2.75) is 51.2 Å². The molecule has 0 aromatic carbocycles. The lowest BCUT2D eigenvalue weighted by Gasteiger charge is -2.57. The first-order valence-electron chi connectivity index (χ1n) is 8.06. The van der Waals surface area contributed by atoms with Crippen LogP contribution in [-0.2, 0) is 6.54 Å². The SMILES string of the molecule is NCC(O)c1nccn1CC12CC3CC(CC(C3)C1)C2. The van der Waals surface area contributed by atoms with Gasteiger partial charge in [-0.3, -0.25) is 0 Å². The Morgan fingerprint density at radius 1 is 1.25 bits per heavy atom. The summed E-state index contributed by atoms with van der Waals surface area (Å²) < 4.78 is 2.17. The molecule has 4 saturated carbocycles. The first-order chi connectivity index (χ1) is 9.67. The molecule has 4 fully saturated rings. The van der Waals surface area contributed by atoms with Crippen LogP contribution >= 0.6 is 0 Å². The summed E-state index contributed by atoms with van der Waals surface area (Å²) >= 11 is 0. The normalized spacial score (nSPS) is 40.2. The largest absolute Gasteiger partial charge is 0.384 e. The second-order valence-electron chi connectivity index (χ2n) is 7.58. The molecule has 0 saturated heterocycles. The van der Waals surface area contributed by atoms with Crippen LogP contribution in [0.25, 0.3) is 0 Å². The molecule has 0 spiro atoms. The Balaban J connectivity index is 1.58. The van der Waals surface area contributed by atoms with E-state index in [0.29, 0.717) is 5.41 Å². The van der Waals surface area contributed by atoms with Crippen LogP contribution in [0, 0.1) is 23.2 Å². The fraction of sp³-hybridized carbons (Fsp3) is 0.812. The fourth-order valence-electron chi connectivity index (χ4n) is 5.70. The summed E-state index contributed by atoms with van der Waals surface area (Å²) in [7, 11) is 0. The maximum atomic E-state index is 10.0. The van der Waals surface area contributed by atoms with Crippen LogP contribution in [0.5, 0.6) is 0 Å². The Hall–Kier alpha value is -0.870. The van der Waals surface area contributed by atoms with Crippen molar-refractivity contribution in [3.05, 3.63) is 18.2 Å². The Labute approximate surface area is 120 Å². The molecule has 3 N–H and O–H groups in total. The predicted molar refractivity (Wildman–Crippen MR) is 76.8 cm³/mol. The highest BCUT2D eigenvalue weighted by molar-refractivity contribution is 5.04. The molecule has 4 aliphatic carbocycles. The molecule has 5 rings (SSSR count). The summed E-state index contributed by atoms with van der Waals surface area (Å²) in [4.78, 5) is 4.32. The van der Waals surface area contributed by atoms with E-state index in [-0.39, 0.29) is 6.54 Å². The highest BCUT2D eigenvalue weighted by Gasteiger charge is 2.51. The summed E-state index contributed by atoms with van der Waals surface area (Å²) in [6, 6.07) is 0. The van der Waals surface area contributed by atoms with Crippen LogP contribution in [0.2, 0.25) is 0 Å². The molecule has 4 nitrogen and oxygen atoms in total. The number of aliphatic hydroxyl groups excluding tert-OH is 1. The fourth-order valence-corrected chi connectivity index (χ4v) is 5.70. The number of hydrogen-bond donors (Lipinski definition) is 2. The van der Waals surface area contributed by atoms with E-state index in [1.54, 1.807) is 6.20 Å². The third-order valence-corrected chi connectivity index (χ3v) is 5.94. The second-order valence-corrected chi connectivity index (χ2v) is 7.58. The molecule has 4 aliphatic rings. The minimum Gasteiger partial charge on any atom is -0.384 e. The van der Waals surface area contributed by atoms with Crippen molar-refractivity contribution in [1.29, 1.82) is 0 Å². The zero-order chi connectivity index (χ0) is 13.7. The van der Waals surface area contributed by atoms with E-state index in [0.717, 1.165) is 30.1 Å². The lowest BCUT2D eigenvalue weighted by Crippen LogP contribution is -2.48. The van der Waals surface area contributed by atoms with Crippen LogP contribution in [0.1, 0.15) is 50.5 Å². The molecule has 1 aromatic rings. The predicted octanol–water partition coefficient (Wildman–Crippen LogP) is 2.09. The van der Waals surface area contributed by atoms with Gasteiger partial charge >= 0.3 is 0 Å². The van der Waals surface area contributed by atoms with Crippen molar-refractivity contribution in [2.24, 2.45) is 28.9 Å². The number of aromatic nitrogens is 2. The Morgan fingerprint density at radius 2 is 1.85 bits per heavy atom. The van der Waals surface area contributed by atoms with Gasteiger partial charge in [-0.05, 0) is 61.7 Å². The standard InChI is InChI=1S/C16H25N3O/c17-9-14(20)15-18-1-2-19(15)10-16-6-11-3-12(7-16)5-13(4-11)8-16/h1-2,11-14,20H,3-10,17H2. The van der Waals surface area contributed by atoms with Gasteiger partial charge in [0.2, 0.25) is 0 Å². The number of rotatable bonds is 4. The number of hydrogen-bond acceptors (Lipinski definition) is 3. The molecule has 1 unspecified atom stereocenters. The molecule has 4 heteroatoms. The van der Waals surface area contributed by atoms with Crippen LogP contribution in [0.4, 0.5) is 0 Å². The smallest absolute Gasteiger partial charge is 0.138 e. The average Bonchev–Trinajstić information content (AvgIpc) is 2.83. The second kappa shape index (κ2) is 4.57. The summed E-state index contributed by atoms with van der Waals surface area (Å²) in [6.45, 7) is 1.28. The first kappa shape index (κ1) is 12.8. The van der Waals surface area contributed by atoms with Crippen molar-refractivity contribution in [3.8, 4) is 0 Å². The summed E-state index contributed by atoms with van der Waals surface area (Å²) in [5.41, 5.74) is 6.06. The number of nitrogens with two attached hydrogens (primary N) is 1. The van der Waals surface area contributed by atoms with Crippen molar-refractivity contribution in [3.63, 3.8) is 0 Å². The molecule has 1 aromatic heterocycles. The quantitative estimate of drug-likeness (QED) is 0.884. The van der Waals surface area contributed by atoms with Gasteiger partial charge in [0, 0.05) is 25.5 Å². The third kappa shape index (κ3) is 2.01. The van der Waals surface area contributed by atoms with Gasteiger partial charge in [-0.15, -0.1) is 0 Å². The van der Waals surface area contributed by atoms with Gasteiger partial charge in [0.25, 0.3) is 0 Å². The van der Waals surface area contributed by atoms with E-state index in [1.165, 1.54) is 38.5 Å². The van der Waals surface area contributed by atoms with Crippen molar-refractivity contribution >= 4 is 0 Å². The van der Waals surface area contributed by atoms with Gasteiger partial charge < -0.3 is 15.4 Å². The molecule has 0 aliphatic heterocycles. The van der Waals surface area contributed by atoms with Crippen LogP contribution in [0.15, 0.2) is 12.4 Å². The first-order valence-corrected chi connectivity index (χ1v) is 8.06. The minimum absolute atomic E-state index is 0.248. The maximum Gasteiger partial charge on any atom is 0.138 e. The highest BCUT2D eigenvalue weighted by Crippen LogP contribution is 2.60. The molecular weight excluding hydrogens is 250 g/mol. The minimum atomic E-state index is -0.626. The monoisotopic (exact) mass is 275 g/mol. The van der Waals surface area contributed by atoms with Crippen LogP contribution in [-0.4, -0.2) is 21.2 Å². The zero-order valence-electron chi connectivity index (χ0n) is 12.0. The van der Waals surface area contributed by atoms with Gasteiger partial charge in [0.05, 0.1) is 0 Å². The van der Waals surface area contributed by atoms with Crippen molar-refractivity contribution < 1.29 is 5.11 Å². The maximum absolute atomic E-state index is 10.0. The van der Waals surface area contributed by atoms with E-state index in [2.05, 4.69) is 9.55 Å². The molecule has 110 valence electrons. The molecule has 1 heterocycles. The summed E-state index contributed by atoms with van der Waals surface area (Å²) in [6.07, 6.45) is 11.8. The Bertz CT molecular complexity index is 460. The molecule has 1 atom stereocenters. The zero-order valence-corrected chi connectivity index (χ0v) is 12.0. The third-order valence-electron chi connectivity index (χ3n) is 5.94. The molecule has 20 heavy (non-hydrogen) atoms. The van der Waals surface area contributed by atoms with Crippen LogP contribution < -0.4 is 5.73 Å². The van der Waals surface area contributed by atoms with Gasteiger partial charge in [0.1, 0.15) is 11.9 Å². The molecule has 4 bridgehead atoms. The van der Waals surface area contributed by atoms with Gasteiger partial charge in [-0.2, -0.15) is 0 Å². The van der Waals surface area contributed by atoms with Crippen molar-refractivity contribution in [2.75, 3.05) is 6.54 Å². The number of aliphatic hydroxyl groups is 1. The molecule has 0 amide bonds. The topological polar surface area (TPSA) is 64.1 Å². The highest BCUT2D eigenvalue weighted by atomic mass is 16.3. The van der Waals surface area contributed by atoms with E-state index < -0.39 is 6.10 Å². The molecular formula is C16H25N3O. The van der Waals surface area contributed by atoms with Gasteiger partial charge in [0.15, 0.2) is 0 Å². The van der Waals surface area contributed by atoms with E-state index in [1.807, 2.05) is 6.20 Å². The van der Waals surface area contributed by atoms with Crippen molar-refractivity contribution in [1.82, 2.24) is 9.55 Å². The van der Waals surface area contributed by atoms with E-state index >= 15 is 0 Å². The lowest BCUT2D eigenvalue weighted by molar-refractivity contribution is -0.0628. The van der Waals surface area contributed by atoms with E-state index in [4.69, 9.17) is 5.73 Å². The Morgan fingerprint density at radius 3 is 2.40 bits per heavy atom. The summed E-state index contributed by atoms with van der Waals surface area (Å²) in [5, 5.41) is 10.0. The van der Waals surface area contributed by atoms with Gasteiger partial charge in [-0.25, -0.2) is 4.98 Å². The van der Waals surface area contributed by atoms with Gasteiger partial charge in [-0.1, -0.05) is 0 Å². The number of nitrogens with zero attached hydrogens (tertiary/aromatic N) is 2.